The molecule has 0 aliphatic heterocycles. The van der Waals surface area contributed by atoms with Gasteiger partial charge in [0.15, 0.2) is 5.78 Å². The third-order valence-electron chi connectivity index (χ3n) is 4.51. The molecule has 0 spiro atoms. The molecule has 1 N–H and O–H groups in total. The average molecular weight is 527 g/mol. The standard InChI is InChI=1S/C22H18BrCl2NO3S/c1-14-7-10-17(11-8-14)30(28,29)26-21(22(27)15-5-3-2-4-6-15)20(23)16-9-12-18(24)19(25)13-16/h2-13,20-21,26H,1H3/t20-,21-/m0/s1. The molecular weight excluding hydrogens is 509 g/mol. The van der Waals surface area contributed by atoms with E-state index in [1.165, 1.54) is 12.1 Å². The molecule has 0 aliphatic rings. The van der Waals surface area contributed by atoms with Crippen LogP contribution in [0.15, 0.2) is 77.7 Å². The Morgan fingerprint density at radius 1 is 0.933 bits per heavy atom. The number of ketones is 1. The number of alkyl halides is 1. The van der Waals surface area contributed by atoms with Crippen LogP contribution in [-0.4, -0.2) is 20.2 Å². The van der Waals surface area contributed by atoms with Crippen LogP contribution in [0.25, 0.3) is 0 Å². The SMILES string of the molecule is Cc1ccc(S(=O)(=O)N[C@H](C(=O)c2ccccc2)[C@@H](Br)c2ccc(Cl)c(Cl)c2)cc1. The number of benzene rings is 3. The quantitative estimate of drug-likeness (QED) is 0.305. The van der Waals surface area contributed by atoms with E-state index in [1.54, 1.807) is 60.7 Å². The summed E-state index contributed by atoms with van der Waals surface area (Å²) in [5.41, 5.74) is 1.93. The van der Waals surface area contributed by atoms with E-state index in [0.29, 0.717) is 21.2 Å². The second kappa shape index (κ2) is 9.62. The number of Topliss-reactive ketones (excluding diaryl/α,β-unsaturated/α-hetero) is 1. The second-order valence-corrected chi connectivity index (χ2v) is 10.2. The fraction of sp³-hybridized carbons (Fsp3) is 0.136. The maximum atomic E-state index is 13.3. The van der Waals surface area contributed by atoms with E-state index in [0.717, 1.165) is 5.56 Å². The van der Waals surface area contributed by atoms with E-state index < -0.39 is 20.9 Å². The molecule has 4 nitrogen and oxygen atoms in total. The highest BCUT2D eigenvalue weighted by Gasteiger charge is 2.33. The van der Waals surface area contributed by atoms with Gasteiger partial charge in [0.05, 0.1) is 19.8 Å². The van der Waals surface area contributed by atoms with E-state index in [2.05, 4.69) is 20.7 Å². The van der Waals surface area contributed by atoms with Crippen LogP contribution in [0.4, 0.5) is 0 Å². The molecule has 0 aliphatic carbocycles. The van der Waals surface area contributed by atoms with Crippen LogP contribution in [-0.2, 0) is 10.0 Å². The van der Waals surface area contributed by atoms with Crippen molar-refractivity contribution in [1.82, 2.24) is 4.72 Å². The smallest absolute Gasteiger partial charge is 0.241 e. The lowest BCUT2D eigenvalue weighted by molar-refractivity contribution is 0.0952. The molecule has 156 valence electrons. The summed E-state index contributed by atoms with van der Waals surface area (Å²) in [7, 11) is -3.96. The third-order valence-corrected chi connectivity index (χ3v) is 7.76. The second-order valence-electron chi connectivity index (χ2n) is 6.72. The lowest BCUT2D eigenvalue weighted by atomic mass is 9.98. The van der Waals surface area contributed by atoms with Crippen molar-refractivity contribution < 1.29 is 13.2 Å². The fourth-order valence-electron chi connectivity index (χ4n) is 2.86. The zero-order chi connectivity index (χ0) is 21.9. The minimum absolute atomic E-state index is 0.0767. The Kier molecular flexibility index (Phi) is 7.37. The topological polar surface area (TPSA) is 63.2 Å². The van der Waals surface area contributed by atoms with Crippen LogP contribution in [0.5, 0.6) is 0 Å². The molecule has 0 bridgehead atoms. The number of rotatable bonds is 7. The predicted octanol–water partition coefficient (Wildman–Crippen LogP) is 5.97. The van der Waals surface area contributed by atoms with Gasteiger partial charge in [-0.25, -0.2) is 8.42 Å². The number of sulfonamides is 1. The summed E-state index contributed by atoms with van der Waals surface area (Å²) in [5, 5.41) is 0.678. The van der Waals surface area contributed by atoms with Gasteiger partial charge in [-0.05, 0) is 36.8 Å². The van der Waals surface area contributed by atoms with E-state index >= 15 is 0 Å². The normalized spacial score (nSPS) is 13.6. The molecule has 0 fully saturated rings. The number of hydrogen-bond donors (Lipinski definition) is 1. The highest BCUT2D eigenvalue weighted by Crippen LogP contribution is 2.33. The molecule has 0 saturated carbocycles. The minimum atomic E-state index is -3.96. The number of aryl methyl sites for hydroxylation is 1. The van der Waals surface area contributed by atoms with Crippen molar-refractivity contribution in [2.75, 3.05) is 0 Å². The lowest BCUT2D eigenvalue weighted by Crippen LogP contribution is -2.43. The van der Waals surface area contributed by atoms with Crippen molar-refractivity contribution in [3.05, 3.63) is 99.5 Å². The van der Waals surface area contributed by atoms with E-state index in [-0.39, 0.29) is 10.7 Å². The molecule has 0 aromatic heterocycles. The van der Waals surface area contributed by atoms with Gasteiger partial charge in [-0.15, -0.1) is 0 Å². The summed E-state index contributed by atoms with van der Waals surface area (Å²) in [6, 6.07) is 18.7. The van der Waals surface area contributed by atoms with Crippen LogP contribution in [0.1, 0.15) is 26.3 Å². The highest BCUT2D eigenvalue weighted by molar-refractivity contribution is 9.09. The van der Waals surface area contributed by atoms with Crippen molar-refractivity contribution in [3.8, 4) is 0 Å². The maximum absolute atomic E-state index is 13.3. The van der Waals surface area contributed by atoms with Crippen LogP contribution in [0.3, 0.4) is 0 Å². The van der Waals surface area contributed by atoms with Crippen molar-refractivity contribution in [3.63, 3.8) is 0 Å². The molecule has 3 aromatic carbocycles. The zero-order valence-electron chi connectivity index (χ0n) is 15.8. The number of nitrogens with one attached hydrogen (secondary N) is 1. The van der Waals surface area contributed by atoms with E-state index in [9.17, 15) is 13.2 Å². The van der Waals surface area contributed by atoms with Crippen LogP contribution in [0.2, 0.25) is 10.0 Å². The Hall–Kier alpha value is -1.70. The first-order valence-corrected chi connectivity index (χ1v) is 12.1. The Labute approximate surface area is 194 Å². The largest absolute Gasteiger partial charge is 0.292 e. The number of hydrogen-bond acceptors (Lipinski definition) is 3. The van der Waals surface area contributed by atoms with Crippen LogP contribution < -0.4 is 4.72 Å². The Morgan fingerprint density at radius 3 is 2.17 bits per heavy atom. The first-order chi connectivity index (χ1) is 14.2. The molecule has 0 radical (unpaired) electrons. The number of carbonyl (C=O) groups excluding carboxylic acids is 1. The molecule has 0 saturated heterocycles. The van der Waals surface area contributed by atoms with Crippen LogP contribution in [0, 0.1) is 6.92 Å². The highest BCUT2D eigenvalue weighted by atomic mass is 79.9. The van der Waals surface area contributed by atoms with Gasteiger partial charge in [0.25, 0.3) is 0 Å². The molecule has 0 heterocycles. The molecule has 2 atom stereocenters. The summed E-state index contributed by atoms with van der Waals surface area (Å²) in [4.78, 5) is 12.7. The molecular formula is C22H18BrCl2NO3S. The van der Waals surface area contributed by atoms with Gasteiger partial charge in [0, 0.05) is 5.56 Å². The van der Waals surface area contributed by atoms with Crippen LogP contribution >= 0.6 is 39.1 Å². The average Bonchev–Trinajstić information content (AvgIpc) is 2.74. The first-order valence-electron chi connectivity index (χ1n) is 8.96. The molecule has 3 rings (SSSR count). The summed E-state index contributed by atoms with van der Waals surface area (Å²) >= 11 is 15.6. The molecule has 3 aromatic rings. The molecule has 0 amide bonds. The zero-order valence-corrected chi connectivity index (χ0v) is 19.8. The monoisotopic (exact) mass is 525 g/mol. The van der Waals surface area contributed by atoms with Gasteiger partial charge >= 0.3 is 0 Å². The van der Waals surface area contributed by atoms with Crippen molar-refractivity contribution >= 4 is 54.9 Å². The Morgan fingerprint density at radius 2 is 1.57 bits per heavy atom. The lowest BCUT2D eigenvalue weighted by Gasteiger charge is -2.23. The summed E-state index contributed by atoms with van der Waals surface area (Å²) in [6.45, 7) is 1.87. The number of carbonyl (C=O) groups is 1. The minimum Gasteiger partial charge on any atom is -0.292 e. The van der Waals surface area contributed by atoms with Crippen molar-refractivity contribution in [2.24, 2.45) is 0 Å². The number of halogens is 3. The van der Waals surface area contributed by atoms with Gasteiger partial charge in [-0.3, -0.25) is 4.79 Å². The predicted molar refractivity (Wildman–Crippen MR) is 124 cm³/mol. The third kappa shape index (κ3) is 5.31. The van der Waals surface area contributed by atoms with Gasteiger partial charge < -0.3 is 0 Å². The van der Waals surface area contributed by atoms with Gasteiger partial charge in [-0.1, -0.05) is 93.2 Å². The molecule has 30 heavy (non-hydrogen) atoms. The summed E-state index contributed by atoms with van der Waals surface area (Å²) in [6.07, 6.45) is 0. The van der Waals surface area contributed by atoms with Gasteiger partial charge in [-0.2, -0.15) is 4.72 Å². The van der Waals surface area contributed by atoms with E-state index in [4.69, 9.17) is 23.2 Å². The van der Waals surface area contributed by atoms with Gasteiger partial charge in [0.1, 0.15) is 6.04 Å². The summed E-state index contributed by atoms with van der Waals surface area (Å²) < 4.78 is 28.6. The molecule has 0 unspecified atom stereocenters. The fourth-order valence-corrected chi connectivity index (χ4v) is 5.20. The maximum Gasteiger partial charge on any atom is 0.241 e. The Bertz CT molecular complexity index is 1150. The first kappa shape index (κ1) is 23.0. The van der Waals surface area contributed by atoms with Crippen molar-refractivity contribution in [2.45, 2.75) is 22.7 Å². The van der Waals surface area contributed by atoms with Crippen molar-refractivity contribution in [1.29, 1.82) is 0 Å². The van der Waals surface area contributed by atoms with E-state index in [1.807, 2.05) is 6.92 Å². The Balaban J connectivity index is 2.01. The van der Waals surface area contributed by atoms with Gasteiger partial charge in [0.2, 0.25) is 10.0 Å². The summed E-state index contributed by atoms with van der Waals surface area (Å²) in [5.74, 6) is -0.376. The molecule has 8 heteroatoms.